The van der Waals surface area contributed by atoms with E-state index in [4.69, 9.17) is 16.3 Å². The Balaban J connectivity index is 2.36. The van der Waals surface area contributed by atoms with Gasteiger partial charge in [0.2, 0.25) is 5.88 Å². The largest absolute Gasteiger partial charge is 0.439 e. The van der Waals surface area contributed by atoms with E-state index in [9.17, 15) is 0 Å². The molecule has 112 valence electrons. The SMILES string of the molecule is Cc1cc(Oc2cc(CCl)cc(C(C)(C)C)n2)ccc1Br. The van der Waals surface area contributed by atoms with Crippen molar-refractivity contribution in [2.75, 3.05) is 0 Å². The lowest BCUT2D eigenvalue weighted by molar-refractivity contribution is 0.450. The Morgan fingerprint density at radius 3 is 2.48 bits per heavy atom. The maximum atomic E-state index is 5.98. The molecule has 0 amide bonds. The van der Waals surface area contributed by atoms with Gasteiger partial charge in [0.15, 0.2) is 0 Å². The summed E-state index contributed by atoms with van der Waals surface area (Å²) >= 11 is 9.47. The summed E-state index contributed by atoms with van der Waals surface area (Å²) < 4.78 is 6.96. The number of alkyl halides is 1. The van der Waals surface area contributed by atoms with Gasteiger partial charge in [-0.2, -0.15) is 0 Å². The fourth-order valence-corrected chi connectivity index (χ4v) is 2.28. The molecule has 1 aromatic carbocycles. The van der Waals surface area contributed by atoms with Crippen LogP contribution in [0.25, 0.3) is 0 Å². The number of hydrogen-bond donors (Lipinski definition) is 0. The second-order valence-electron chi connectivity index (χ2n) is 6.10. The molecule has 0 N–H and O–H groups in total. The van der Waals surface area contributed by atoms with Gasteiger partial charge in [0, 0.05) is 21.8 Å². The highest BCUT2D eigenvalue weighted by molar-refractivity contribution is 9.10. The number of rotatable bonds is 3. The molecule has 0 radical (unpaired) electrons. The van der Waals surface area contributed by atoms with Crippen LogP contribution in [0, 0.1) is 6.92 Å². The van der Waals surface area contributed by atoms with Crippen molar-refractivity contribution >= 4 is 27.5 Å². The normalized spacial score (nSPS) is 11.5. The van der Waals surface area contributed by atoms with Crippen LogP contribution in [0.2, 0.25) is 0 Å². The summed E-state index contributed by atoms with van der Waals surface area (Å²) in [7, 11) is 0. The fourth-order valence-electron chi connectivity index (χ4n) is 1.87. The van der Waals surface area contributed by atoms with Gasteiger partial charge in [-0.1, -0.05) is 36.7 Å². The molecule has 0 aliphatic rings. The van der Waals surface area contributed by atoms with E-state index in [-0.39, 0.29) is 5.41 Å². The highest BCUT2D eigenvalue weighted by Crippen LogP contribution is 2.29. The van der Waals surface area contributed by atoms with Crippen molar-refractivity contribution in [2.45, 2.75) is 39.0 Å². The number of benzene rings is 1. The predicted octanol–water partition coefficient (Wildman–Crippen LogP) is 5.98. The zero-order chi connectivity index (χ0) is 15.6. The molecule has 0 bridgehead atoms. The lowest BCUT2D eigenvalue weighted by atomic mass is 9.91. The van der Waals surface area contributed by atoms with E-state index in [1.165, 1.54) is 0 Å². The molecule has 0 spiro atoms. The summed E-state index contributed by atoms with van der Waals surface area (Å²) in [5, 5.41) is 0. The molecule has 4 heteroatoms. The fraction of sp³-hybridized carbons (Fsp3) is 0.353. The predicted molar refractivity (Wildman–Crippen MR) is 91.4 cm³/mol. The monoisotopic (exact) mass is 367 g/mol. The molecular weight excluding hydrogens is 350 g/mol. The van der Waals surface area contributed by atoms with E-state index < -0.39 is 0 Å². The topological polar surface area (TPSA) is 22.1 Å². The summed E-state index contributed by atoms with van der Waals surface area (Å²) in [5.74, 6) is 1.80. The average molecular weight is 369 g/mol. The molecular formula is C17H19BrClNO. The lowest BCUT2D eigenvalue weighted by Gasteiger charge is -2.19. The quantitative estimate of drug-likeness (QED) is 0.622. The van der Waals surface area contributed by atoms with Gasteiger partial charge < -0.3 is 4.74 Å². The molecule has 1 heterocycles. The van der Waals surface area contributed by atoms with Crippen LogP contribution in [0.1, 0.15) is 37.6 Å². The minimum atomic E-state index is -0.0458. The van der Waals surface area contributed by atoms with Gasteiger partial charge in [-0.05, 0) is 42.3 Å². The first-order chi connectivity index (χ1) is 9.79. The number of aromatic nitrogens is 1. The van der Waals surface area contributed by atoms with Gasteiger partial charge in [0.05, 0.1) is 5.69 Å². The van der Waals surface area contributed by atoms with Crippen molar-refractivity contribution in [3.05, 3.63) is 51.6 Å². The number of nitrogens with zero attached hydrogens (tertiary/aromatic N) is 1. The van der Waals surface area contributed by atoms with Crippen LogP contribution < -0.4 is 4.74 Å². The van der Waals surface area contributed by atoms with Crippen LogP contribution in [0.4, 0.5) is 0 Å². The van der Waals surface area contributed by atoms with Crippen LogP contribution in [-0.2, 0) is 11.3 Å². The van der Waals surface area contributed by atoms with Crippen molar-refractivity contribution in [3.8, 4) is 11.6 Å². The van der Waals surface area contributed by atoms with Crippen molar-refractivity contribution in [1.29, 1.82) is 0 Å². The summed E-state index contributed by atoms with van der Waals surface area (Å²) in [4.78, 5) is 4.61. The molecule has 2 nitrogen and oxygen atoms in total. The summed E-state index contributed by atoms with van der Waals surface area (Å²) in [5.41, 5.74) is 3.07. The Kier molecular flexibility index (Phi) is 4.95. The van der Waals surface area contributed by atoms with Crippen molar-refractivity contribution in [2.24, 2.45) is 0 Å². The van der Waals surface area contributed by atoms with Gasteiger partial charge in [0.1, 0.15) is 5.75 Å². The number of ether oxygens (including phenoxy) is 1. The minimum absolute atomic E-state index is 0.0458. The molecule has 2 aromatic rings. The molecule has 0 saturated heterocycles. The third-order valence-corrected chi connectivity index (χ3v) is 4.33. The van der Waals surface area contributed by atoms with Gasteiger partial charge in [-0.25, -0.2) is 4.98 Å². The first kappa shape index (κ1) is 16.3. The molecule has 2 rings (SSSR count). The standard InChI is InChI=1S/C17H19BrClNO/c1-11-7-13(5-6-14(11)18)21-16-9-12(10-19)8-15(20-16)17(2,3)4/h5-9H,10H2,1-4H3. The third-order valence-electron chi connectivity index (χ3n) is 3.14. The number of halogens is 2. The van der Waals surface area contributed by atoms with Crippen LogP contribution in [0.3, 0.4) is 0 Å². The van der Waals surface area contributed by atoms with E-state index in [1.54, 1.807) is 0 Å². The van der Waals surface area contributed by atoms with E-state index in [0.29, 0.717) is 11.8 Å². The first-order valence-electron chi connectivity index (χ1n) is 6.81. The van der Waals surface area contributed by atoms with Crippen LogP contribution >= 0.6 is 27.5 Å². The van der Waals surface area contributed by atoms with Crippen molar-refractivity contribution < 1.29 is 4.74 Å². The number of pyridine rings is 1. The highest BCUT2D eigenvalue weighted by Gasteiger charge is 2.17. The average Bonchev–Trinajstić information content (AvgIpc) is 2.41. The lowest BCUT2D eigenvalue weighted by Crippen LogP contribution is -2.14. The van der Waals surface area contributed by atoms with Gasteiger partial charge in [0.25, 0.3) is 0 Å². The Morgan fingerprint density at radius 1 is 1.19 bits per heavy atom. The number of hydrogen-bond acceptors (Lipinski definition) is 2. The van der Waals surface area contributed by atoms with E-state index in [1.807, 2.05) is 37.3 Å². The Labute approximate surface area is 139 Å². The van der Waals surface area contributed by atoms with Crippen LogP contribution in [0.5, 0.6) is 11.6 Å². The molecule has 1 aromatic heterocycles. The van der Waals surface area contributed by atoms with Gasteiger partial charge >= 0.3 is 0 Å². The zero-order valence-electron chi connectivity index (χ0n) is 12.7. The van der Waals surface area contributed by atoms with Crippen LogP contribution in [0.15, 0.2) is 34.8 Å². The molecule has 0 fully saturated rings. The molecule has 0 atom stereocenters. The molecule has 0 aliphatic carbocycles. The van der Waals surface area contributed by atoms with E-state index >= 15 is 0 Å². The first-order valence-corrected chi connectivity index (χ1v) is 8.14. The van der Waals surface area contributed by atoms with Crippen LogP contribution in [-0.4, -0.2) is 4.98 Å². The maximum Gasteiger partial charge on any atom is 0.219 e. The summed E-state index contributed by atoms with van der Waals surface area (Å²) in [6.07, 6.45) is 0. The number of aryl methyl sites for hydroxylation is 1. The highest BCUT2D eigenvalue weighted by atomic mass is 79.9. The summed E-state index contributed by atoms with van der Waals surface area (Å²) in [6.45, 7) is 8.41. The van der Waals surface area contributed by atoms with Crippen molar-refractivity contribution in [1.82, 2.24) is 4.98 Å². The Hall–Kier alpha value is -1.06. The Bertz CT molecular complexity index is 650. The zero-order valence-corrected chi connectivity index (χ0v) is 15.0. The second-order valence-corrected chi connectivity index (χ2v) is 7.22. The minimum Gasteiger partial charge on any atom is -0.439 e. The third kappa shape index (κ3) is 4.21. The second kappa shape index (κ2) is 6.37. The molecule has 0 saturated carbocycles. The van der Waals surface area contributed by atoms with E-state index in [2.05, 4.69) is 41.7 Å². The maximum absolute atomic E-state index is 5.98. The molecule has 0 unspecified atom stereocenters. The molecule has 21 heavy (non-hydrogen) atoms. The smallest absolute Gasteiger partial charge is 0.219 e. The van der Waals surface area contributed by atoms with Gasteiger partial charge in [-0.3, -0.25) is 0 Å². The molecule has 0 aliphatic heterocycles. The Morgan fingerprint density at radius 2 is 1.90 bits per heavy atom. The van der Waals surface area contributed by atoms with Gasteiger partial charge in [-0.15, -0.1) is 11.6 Å². The van der Waals surface area contributed by atoms with Crippen molar-refractivity contribution in [3.63, 3.8) is 0 Å². The summed E-state index contributed by atoms with van der Waals surface area (Å²) in [6, 6.07) is 9.80. The van der Waals surface area contributed by atoms with E-state index in [0.717, 1.165) is 27.0 Å².